The summed E-state index contributed by atoms with van der Waals surface area (Å²) in [5.41, 5.74) is 1.06. The molecule has 0 saturated carbocycles. The summed E-state index contributed by atoms with van der Waals surface area (Å²) in [6, 6.07) is 7.91. The summed E-state index contributed by atoms with van der Waals surface area (Å²) in [6.45, 7) is 4.22. The Bertz CT molecular complexity index is 572. The van der Waals surface area contributed by atoms with Gasteiger partial charge in [-0.2, -0.15) is 0 Å². The van der Waals surface area contributed by atoms with E-state index in [2.05, 4.69) is 4.90 Å². The lowest BCUT2D eigenvalue weighted by Gasteiger charge is -2.36. The molecular formula is C19H28N2O4. The van der Waals surface area contributed by atoms with Crippen molar-refractivity contribution in [2.45, 2.75) is 31.7 Å². The highest BCUT2D eigenvalue weighted by molar-refractivity contribution is 5.81. The summed E-state index contributed by atoms with van der Waals surface area (Å²) < 4.78 is 17.0. The van der Waals surface area contributed by atoms with Crippen LogP contribution in [0.4, 0.5) is 0 Å². The largest absolute Gasteiger partial charge is 0.496 e. The number of methoxy groups -OCH3 is 1. The molecule has 0 aromatic heterocycles. The van der Waals surface area contributed by atoms with E-state index in [-0.39, 0.29) is 18.1 Å². The van der Waals surface area contributed by atoms with Gasteiger partial charge in [-0.3, -0.25) is 4.79 Å². The topological polar surface area (TPSA) is 51.2 Å². The molecule has 0 radical (unpaired) electrons. The van der Waals surface area contributed by atoms with Crippen molar-refractivity contribution in [2.75, 3.05) is 46.9 Å². The molecule has 25 heavy (non-hydrogen) atoms. The minimum atomic E-state index is -0.315. The summed E-state index contributed by atoms with van der Waals surface area (Å²) in [5.74, 6) is 0.975. The maximum absolute atomic E-state index is 12.6. The number of likely N-dealkylation sites (tertiary alicyclic amines) is 1. The summed E-state index contributed by atoms with van der Waals surface area (Å²) in [6.07, 6.45) is 1.60. The average molecular weight is 348 g/mol. The van der Waals surface area contributed by atoms with E-state index >= 15 is 0 Å². The van der Waals surface area contributed by atoms with E-state index in [1.54, 1.807) is 7.11 Å². The molecule has 2 fully saturated rings. The molecule has 138 valence electrons. The highest BCUT2D eigenvalue weighted by Crippen LogP contribution is 2.22. The second-order valence-corrected chi connectivity index (χ2v) is 6.77. The third kappa shape index (κ3) is 4.71. The smallest absolute Gasteiger partial charge is 0.253 e. The van der Waals surface area contributed by atoms with E-state index in [1.165, 1.54) is 0 Å². The van der Waals surface area contributed by atoms with Crippen LogP contribution < -0.4 is 4.74 Å². The molecule has 6 nitrogen and oxygen atoms in total. The Hall–Kier alpha value is -1.63. The molecule has 0 bridgehead atoms. The van der Waals surface area contributed by atoms with Crippen LogP contribution in [0.25, 0.3) is 0 Å². The first-order valence-corrected chi connectivity index (χ1v) is 9.00. The van der Waals surface area contributed by atoms with Crippen molar-refractivity contribution >= 4 is 5.91 Å². The van der Waals surface area contributed by atoms with Gasteiger partial charge in [0, 0.05) is 31.7 Å². The zero-order valence-electron chi connectivity index (χ0n) is 15.1. The molecule has 3 rings (SSSR count). The van der Waals surface area contributed by atoms with E-state index in [0.29, 0.717) is 19.8 Å². The standard InChI is InChI=1S/C19H28N2O4/c1-20-11-12-24-18(13-20)19(22)21-9-7-16(8-10-21)25-14-15-5-3-4-6-17(15)23-2/h3-6,16,18H,7-14H2,1-2H3. The van der Waals surface area contributed by atoms with Gasteiger partial charge in [-0.05, 0) is 26.0 Å². The molecule has 1 aromatic carbocycles. The highest BCUT2D eigenvalue weighted by Gasteiger charge is 2.31. The molecular weight excluding hydrogens is 320 g/mol. The van der Waals surface area contributed by atoms with Crippen LogP contribution in [0.5, 0.6) is 5.75 Å². The SMILES string of the molecule is COc1ccccc1COC1CCN(C(=O)C2CN(C)CCO2)CC1. The minimum absolute atomic E-state index is 0.120. The van der Waals surface area contributed by atoms with Crippen LogP contribution in [-0.2, 0) is 20.9 Å². The third-order valence-electron chi connectivity index (χ3n) is 4.97. The Balaban J connectivity index is 1.44. The van der Waals surface area contributed by atoms with Gasteiger partial charge in [-0.1, -0.05) is 18.2 Å². The number of likely N-dealkylation sites (N-methyl/N-ethyl adjacent to an activating group) is 1. The average Bonchev–Trinajstić information content (AvgIpc) is 2.66. The fourth-order valence-corrected chi connectivity index (χ4v) is 3.40. The number of amides is 1. The van der Waals surface area contributed by atoms with Crippen molar-refractivity contribution in [1.82, 2.24) is 9.80 Å². The fourth-order valence-electron chi connectivity index (χ4n) is 3.40. The van der Waals surface area contributed by atoms with Gasteiger partial charge in [0.2, 0.25) is 0 Å². The number of benzene rings is 1. The van der Waals surface area contributed by atoms with E-state index < -0.39 is 0 Å². The van der Waals surface area contributed by atoms with Crippen LogP contribution in [0, 0.1) is 0 Å². The normalized spacial score (nSPS) is 22.8. The van der Waals surface area contributed by atoms with Crippen molar-refractivity contribution in [3.8, 4) is 5.75 Å². The zero-order valence-corrected chi connectivity index (χ0v) is 15.1. The van der Waals surface area contributed by atoms with Gasteiger partial charge in [-0.25, -0.2) is 0 Å². The highest BCUT2D eigenvalue weighted by atomic mass is 16.5. The molecule has 2 aliphatic heterocycles. The van der Waals surface area contributed by atoms with Crippen molar-refractivity contribution in [3.05, 3.63) is 29.8 Å². The summed E-state index contributed by atoms with van der Waals surface area (Å²) >= 11 is 0. The predicted molar refractivity (Wildman–Crippen MR) is 94.6 cm³/mol. The van der Waals surface area contributed by atoms with Gasteiger partial charge in [0.15, 0.2) is 0 Å². The van der Waals surface area contributed by atoms with E-state index in [4.69, 9.17) is 14.2 Å². The lowest BCUT2D eigenvalue weighted by atomic mass is 10.1. The molecule has 2 aliphatic rings. The first-order chi connectivity index (χ1) is 12.2. The number of hydrogen-bond donors (Lipinski definition) is 0. The van der Waals surface area contributed by atoms with Gasteiger partial charge in [0.25, 0.3) is 5.91 Å². The number of rotatable bonds is 5. The molecule has 0 spiro atoms. The third-order valence-corrected chi connectivity index (χ3v) is 4.97. The number of hydrogen-bond acceptors (Lipinski definition) is 5. The van der Waals surface area contributed by atoms with Gasteiger partial charge < -0.3 is 24.0 Å². The first-order valence-electron chi connectivity index (χ1n) is 9.00. The van der Waals surface area contributed by atoms with Crippen LogP contribution in [0.15, 0.2) is 24.3 Å². The molecule has 1 atom stereocenters. The summed E-state index contributed by atoms with van der Waals surface area (Å²) in [5, 5.41) is 0. The Labute approximate surface area is 149 Å². The molecule has 1 unspecified atom stereocenters. The molecule has 0 aliphatic carbocycles. The summed E-state index contributed by atoms with van der Waals surface area (Å²) in [4.78, 5) is 16.7. The summed E-state index contributed by atoms with van der Waals surface area (Å²) in [7, 11) is 3.70. The van der Waals surface area contributed by atoms with E-state index in [1.807, 2.05) is 36.2 Å². The maximum Gasteiger partial charge on any atom is 0.253 e. The Morgan fingerprint density at radius 2 is 2.00 bits per heavy atom. The van der Waals surface area contributed by atoms with Crippen molar-refractivity contribution in [3.63, 3.8) is 0 Å². The molecule has 1 aromatic rings. The maximum atomic E-state index is 12.6. The lowest BCUT2D eigenvalue weighted by Crippen LogP contribution is -2.52. The van der Waals surface area contributed by atoms with Crippen molar-refractivity contribution < 1.29 is 19.0 Å². The Morgan fingerprint density at radius 3 is 2.72 bits per heavy atom. The number of nitrogens with zero attached hydrogens (tertiary/aromatic N) is 2. The van der Waals surface area contributed by atoms with Gasteiger partial charge >= 0.3 is 0 Å². The molecule has 1 amide bonds. The van der Waals surface area contributed by atoms with Crippen LogP contribution in [0.3, 0.4) is 0 Å². The Morgan fingerprint density at radius 1 is 1.24 bits per heavy atom. The van der Waals surface area contributed by atoms with Crippen molar-refractivity contribution in [2.24, 2.45) is 0 Å². The van der Waals surface area contributed by atoms with Gasteiger partial charge in [0.1, 0.15) is 11.9 Å². The number of morpholine rings is 1. The van der Waals surface area contributed by atoms with Crippen LogP contribution >= 0.6 is 0 Å². The minimum Gasteiger partial charge on any atom is -0.496 e. The number of carbonyl (C=O) groups excluding carboxylic acids is 1. The fraction of sp³-hybridized carbons (Fsp3) is 0.632. The van der Waals surface area contributed by atoms with Crippen LogP contribution in [0.1, 0.15) is 18.4 Å². The van der Waals surface area contributed by atoms with Crippen LogP contribution in [-0.4, -0.2) is 74.9 Å². The quantitative estimate of drug-likeness (QED) is 0.808. The number of piperidine rings is 1. The number of carbonyl (C=O) groups is 1. The second kappa shape index (κ2) is 8.65. The van der Waals surface area contributed by atoms with E-state index in [9.17, 15) is 4.79 Å². The van der Waals surface area contributed by atoms with Crippen LogP contribution in [0.2, 0.25) is 0 Å². The van der Waals surface area contributed by atoms with Gasteiger partial charge in [-0.15, -0.1) is 0 Å². The predicted octanol–water partition coefficient (Wildman–Crippen LogP) is 1.53. The lowest BCUT2D eigenvalue weighted by molar-refractivity contribution is -0.151. The second-order valence-electron chi connectivity index (χ2n) is 6.77. The Kier molecular flexibility index (Phi) is 6.29. The molecule has 6 heteroatoms. The van der Waals surface area contributed by atoms with Crippen molar-refractivity contribution in [1.29, 1.82) is 0 Å². The number of para-hydroxylation sites is 1. The zero-order chi connectivity index (χ0) is 17.6. The molecule has 2 saturated heterocycles. The van der Waals surface area contributed by atoms with E-state index in [0.717, 1.165) is 43.8 Å². The first kappa shape index (κ1) is 18.2. The van der Waals surface area contributed by atoms with Gasteiger partial charge in [0.05, 0.1) is 26.4 Å². The molecule has 0 N–H and O–H groups in total. The number of ether oxygens (including phenoxy) is 3. The monoisotopic (exact) mass is 348 g/mol. The molecule has 2 heterocycles.